The fourth-order valence-electron chi connectivity index (χ4n) is 1.36. The second-order valence-electron chi connectivity index (χ2n) is 3.66. The van der Waals surface area contributed by atoms with Crippen LogP contribution >= 0.6 is 0 Å². The quantitative estimate of drug-likeness (QED) is 0.858. The zero-order chi connectivity index (χ0) is 13.6. The standard InChI is InChI=1S/C12H15F3O3/c1-2-17-10-5-3-4-6-11(10)18-8-9(16)7-12(13,14)15/h3-6,9,16H,2,7-8H2,1H3. The number of halogens is 3. The second-order valence-corrected chi connectivity index (χ2v) is 3.66. The van der Waals surface area contributed by atoms with Gasteiger partial charge in [0.05, 0.1) is 19.1 Å². The summed E-state index contributed by atoms with van der Waals surface area (Å²) in [4.78, 5) is 0. The van der Waals surface area contributed by atoms with Crippen LogP contribution in [0, 0.1) is 0 Å². The normalized spacial score (nSPS) is 13.2. The molecule has 0 aromatic heterocycles. The van der Waals surface area contributed by atoms with E-state index in [1.807, 2.05) is 0 Å². The van der Waals surface area contributed by atoms with Gasteiger partial charge in [0.25, 0.3) is 0 Å². The molecule has 0 aliphatic heterocycles. The first kappa shape index (κ1) is 14.6. The molecule has 0 spiro atoms. The SMILES string of the molecule is CCOc1ccccc1OCC(O)CC(F)(F)F. The Morgan fingerprint density at radius 3 is 2.22 bits per heavy atom. The number of rotatable bonds is 6. The largest absolute Gasteiger partial charge is 0.490 e. The molecule has 0 aliphatic rings. The summed E-state index contributed by atoms with van der Waals surface area (Å²) in [6.07, 6.45) is -7.27. The van der Waals surface area contributed by atoms with Crippen LogP contribution in [-0.4, -0.2) is 30.6 Å². The van der Waals surface area contributed by atoms with Gasteiger partial charge in [-0.25, -0.2) is 0 Å². The van der Waals surface area contributed by atoms with Gasteiger partial charge in [-0.3, -0.25) is 0 Å². The van der Waals surface area contributed by atoms with E-state index in [1.54, 1.807) is 31.2 Å². The van der Waals surface area contributed by atoms with Crippen LogP contribution in [-0.2, 0) is 0 Å². The first-order chi connectivity index (χ1) is 8.42. The van der Waals surface area contributed by atoms with E-state index in [0.29, 0.717) is 18.1 Å². The molecule has 1 atom stereocenters. The molecule has 0 heterocycles. The van der Waals surface area contributed by atoms with Crippen molar-refractivity contribution in [3.63, 3.8) is 0 Å². The van der Waals surface area contributed by atoms with Crippen molar-refractivity contribution in [3.05, 3.63) is 24.3 Å². The van der Waals surface area contributed by atoms with Crippen LogP contribution in [0.2, 0.25) is 0 Å². The Bertz CT molecular complexity index is 366. The van der Waals surface area contributed by atoms with Gasteiger partial charge in [0, 0.05) is 0 Å². The van der Waals surface area contributed by atoms with Gasteiger partial charge < -0.3 is 14.6 Å². The molecular formula is C12H15F3O3. The van der Waals surface area contributed by atoms with E-state index in [0.717, 1.165) is 0 Å². The van der Waals surface area contributed by atoms with E-state index >= 15 is 0 Å². The highest BCUT2D eigenvalue weighted by atomic mass is 19.4. The summed E-state index contributed by atoms with van der Waals surface area (Å²) in [7, 11) is 0. The van der Waals surface area contributed by atoms with Gasteiger partial charge in [0.2, 0.25) is 0 Å². The third-order valence-corrected chi connectivity index (χ3v) is 2.05. The number of alkyl halides is 3. The first-order valence-corrected chi connectivity index (χ1v) is 5.52. The van der Waals surface area contributed by atoms with Crippen molar-refractivity contribution in [2.75, 3.05) is 13.2 Å². The predicted molar refractivity (Wildman–Crippen MR) is 59.8 cm³/mol. The molecule has 1 aromatic carbocycles. The van der Waals surface area contributed by atoms with E-state index in [4.69, 9.17) is 9.47 Å². The monoisotopic (exact) mass is 264 g/mol. The lowest BCUT2D eigenvalue weighted by Gasteiger charge is -2.16. The summed E-state index contributed by atoms with van der Waals surface area (Å²) in [5.41, 5.74) is 0. The van der Waals surface area contributed by atoms with Gasteiger partial charge in [-0.1, -0.05) is 12.1 Å². The van der Waals surface area contributed by atoms with E-state index in [1.165, 1.54) is 0 Å². The lowest BCUT2D eigenvalue weighted by atomic mass is 10.2. The van der Waals surface area contributed by atoms with Gasteiger partial charge in [-0.15, -0.1) is 0 Å². The Kier molecular flexibility index (Phi) is 5.27. The molecule has 0 aliphatic carbocycles. The van der Waals surface area contributed by atoms with Gasteiger partial charge >= 0.3 is 6.18 Å². The smallest absolute Gasteiger partial charge is 0.391 e. The lowest BCUT2D eigenvalue weighted by molar-refractivity contribution is -0.156. The zero-order valence-corrected chi connectivity index (χ0v) is 9.91. The Balaban J connectivity index is 2.52. The van der Waals surface area contributed by atoms with Gasteiger partial charge in [-0.05, 0) is 19.1 Å². The molecule has 102 valence electrons. The summed E-state index contributed by atoms with van der Waals surface area (Å²) in [6, 6.07) is 6.62. The van der Waals surface area contributed by atoms with Gasteiger partial charge in [0.1, 0.15) is 6.61 Å². The summed E-state index contributed by atoms with van der Waals surface area (Å²) >= 11 is 0. The van der Waals surface area contributed by atoms with Crippen LogP contribution in [0.4, 0.5) is 13.2 Å². The third kappa shape index (κ3) is 5.27. The van der Waals surface area contributed by atoms with E-state index < -0.39 is 25.3 Å². The average molecular weight is 264 g/mol. The Labute approximate surface area is 103 Å². The van der Waals surface area contributed by atoms with Crippen molar-refractivity contribution in [1.82, 2.24) is 0 Å². The van der Waals surface area contributed by atoms with Crippen molar-refractivity contribution in [3.8, 4) is 11.5 Å². The minimum absolute atomic E-state index is 0.320. The molecule has 0 radical (unpaired) electrons. The highest BCUT2D eigenvalue weighted by Crippen LogP contribution is 2.27. The molecule has 1 unspecified atom stereocenters. The number of ether oxygens (including phenoxy) is 2. The fourth-order valence-corrected chi connectivity index (χ4v) is 1.36. The van der Waals surface area contributed by atoms with Crippen LogP contribution in [0.5, 0.6) is 11.5 Å². The Morgan fingerprint density at radius 2 is 1.72 bits per heavy atom. The molecule has 0 fully saturated rings. The van der Waals surface area contributed by atoms with Crippen molar-refractivity contribution >= 4 is 0 Å². The van der Waals surface area contributed by atoms with Crippen molar-refractivity contribution in [2.24, 2.45) is 0 Å². The molecule has 6 heteroatoms. The molecule has 3 nitrogen and oxygen atoms in total. The predicted octanol–water partition coefficient (Wildman–Crippen LogP) is 2.78. The lowest BCUT2D eigenvalue weighted by Crippen LogP contribution is -2.25. The average Bonchev–Trinajstić information content (AvgIpc) is 2.26. The Hall–Kier alpha value is -1.43. The van der Waals surface area contributed by atoms with E-state index in [9.17, 15) is 18.3 Å². The van der Waals surface area contributed by atoms with Crippen LogP contribution in [0.15, 0.2) is 24.3 Å². The number of hydrogen-bond acceptors (Lipinski definition) is 3. The molecule has 1 aromatic rings. The number of aliphatic hydroxyl groups is 1. The van der Waals surface area contributed by atoms with Crippen LogP contribution in [0.1, 0.15) is 13.3 Å². The van der Waals surface area contributed by atoms with Gasteiger partial charge in [0.15, 0.2) is 11.5 Å². The van der Waals surface area contributed by atoms with Crippen molar-refractivity contribution in [1.29, 1.82) is 0 Å². The maximum absolute atomic E-state index is 12.0. The molecule has 1 N–H and O–H groups in total. The summed E-state index contributed by atoms with van der Waals surface area (Å²) in [5, 5.41) is 9.18. The summed E-state index contributed by atoms with van der Waals surface area (Å²) in [6.45, 7) is 1.78. The zero-order valence-electron chi connectivity index (χ0n) is 9.91. The number of hydrogen-bond donors (Lipinski definition) is 1. The van der Waals surface area contributed by atoms with Crippen molar-refractivity contribution < 1.29 is 27.8 Å². The molecule has 0 bridgehead atoms. The maximum Gasteiger partial charge on any atom is 0.391 e. The highest BCUT2D eigenvalue weighted by Gasteiger charge is 2.31. The van der Waals surface area contributed by atoms with E-state index in [-0.39, 0.29) is 0 Å². The number of para-hydroxylation sites is 2. The highest BCUT2D eigenvalue weighted by molar-refractivity contribution is 5.39. The second kappa shape index (κ2) is 6.49. The fraction of sp³-hybridized carbons (Fsp3) is 0.500. The molecule has 0 saturated heterocycles. The van der Waals surface area contributed by atoms with Crippen LogP contribution in [0.3, 0.4) is 0 Å². The molecule has 0 amide bonds. The minimum atomic E-state index is -4.40. The number of aliphatic hydroxyl groups excluding tert-OH is 1. The molecule has 1 rings (SSSR count). The molecular weight excluding hydrogens is 249 g/mol. The first-order valence-electron chi connectivity index (χ1n) is 5.52. The van der Waals surface area contributed by atoms with Gasteiger partial charge in [-0.2, -0.15) is 13.2 Å². The minimum Gasteiger partial charge on any atom is -0.490 e. The summed E-state index contributed by atoms with van der Waals surface area (Å²) < 4.78 is 46.3. The molecule has 18 heavy (non-hydrogen) atoms. The molecule has 0 saturated carbocycles. The van der Waals surface area contributed by atoms with Crippen LogP contribution < -0.4 is 9.47 Å². The maximum atomic E-state index is 12.0. The topological polar surface area (TPSA) is 38.7 Å². The number of benzene rings is 1. The Morgan fingerprint density at radius 1 is 1.17 bits per heavy atom. The summed E-state index contributed by atoms with van der Waals surface area (Å²) in [5.74, 6) is 0.764. The van der Waals surface area contributed by atoms with Crippen molar-refractivity contribution in [2.45, 2.75) is 25.6 Å². The van der Waals surface area contributed by atoms with Crippen LogP contribution in [0.25, 0.3) is 0 Å². The van der Waals surface area contributed by atoms with E-state index in [2.05, 4.69) is 0 Å². The third-order valence-electron chi connectivity index (χ3n) is 2.05.